The van der Waals surface area contributed by atoms with E-state index in [4.69, 9.17) is 16.9 Å². The fourth-order valence-electron chi connectivity index (χ4n) is 4.46. The van der Waals surface area contributed by atoms with Crippen molar-refractivity contribution in [2.45, 2.75) is 37.8 Å². The standard InChI is InChI=1S/C18H19ClN4O2/c1-18(12-3-6-22(7-4-12)15(24)2-5-20)17(25)14-9-13(19)8-11-10-21-23(18)16(11)14/h8-10,12,17,25H,2-4,6-7H2,1H3/t17-,18?/m0/s1. The number of halogens is 1. The zero-order chi connectivity index (χ0) is 17.8. The minimum atomic E-state index is -0.677. The van der Waals surface area contributed by atoms with Gasteiger partial charge in [-0.25, -0.2) is 0 Å². The van der Waals surface area contributed by atoms with Crippen LogP contribution in [-0.4, -0.2) is 38.8 Å². The van der Waals surface area contributed by atoms with Gasteiger partial charge in [0.15, 0.2) is 0 Å². The second kappa shape index (κ2) is 5.72. The van der Waals surface area contributed by atoms with Gasteiger partial charge in [0, 0.05) is 29.1 Å². The molecule has 0 radical (unpaired) electrons. The molecule has 7 heteroatoms. The van der Waals surface area contributed by atoms with Gasteiger partial charge in [0.1, 0.15) is 12.5 Å². The van der Waals surface area contributed by atoms with Crippen molar-refractivity contribution < 1.29 is 9.90 Å². The summed E-state index contributed by atoms with van der Waals surface area (Å²) in [6, 6.07) is 5.60. The van der Waals surface area contributed by atoms with Crippen LogP contribution in [0.3, 0.4) is 0 Å². The topological polar surface area (TPSA) is 82.2 Å². The number of hydrogen-bond acceptors (Lipinski definition) is 4. The minimum absolute atomic E-state index is 0.0751. The van der Waals surface area contributed by atoms with Crippen molar-refractivity contribution in [3.8, 4) is 6.07 Å². The van der Waals surface area contributed by atoms with Gasteiger partial charge in [-0.1, -0.05) is 11.6 Å². The van der Waals surface area contributed by atoms with Crippen LogP contribution in [0, 0.1) is 17.2 Å². The maximum Gasteiger partial charge on any atom is 0.236 e. The zero-order valence-electron chi connectivity index (χ0n) is 13.9. The number of benzene rings is 1. The SMILES string of the molecule is CC1(C2CCN(C(=O)CC#N)CC2)[C@@H](O)c2cc(Cl)cc3cnn1c23. The van der Waals surface area contributed by atoms with Crippen LogP contribution in [0.25, 0.3) is 10.9 Å². The molecule has 0 aliphatic carbocycles. The number of piperidine rings is 1. The highest BCUT2D eigenvalue weighted by Gasteiger charge is 2.50. The van der Waals surface area contributed by atoms with Crippen molar-refractivity contribution in [2.75, 3.05) is 13.1 Å². The van der Waals surface area contributed by atoms with Gasteiger partial charge in [-0.15, -0.1) is 0 Å². The molecule has 1 aromatic heterocycles. The summed E-state index contributed by atoms with van der Waals surface area (Å²) in [4.78, 5) is 13.7. The van der Waals surface area contributed by atoms with Crippen LogP contribution in [0.1, 0.15) is 37.9 Å². The summed E-state index contributed by atoms with van der Waals surface area (Å²) in [5.41, 5.74) is 1.21. The van der Waals surface area contributed by atoms with Gasteiger partial charge in [-0.2, -0.15) is 10.4 Å². The highest BCUT2D eigenvalue weighted by Crippen LogP contribution is 2.51. The number of aliphatic hydroxyl groups excluding tert-OH is 1. The smallest absolute Gasteiger partial charge is 0.236 e. The molecule has 2 aliphatic rings. The number of hydrogen-bond donors (Lipinski definition) is 1. The minimum Gasteiger partial charge on any atom is -0.386 e. The molecule has 2 aromatic rings. The van der Waals surface area contributed by atoms with Crippen LogP contribution >= 0.6 is 11.6 Å². The first-order valence-electron chi connectivity index (χ1n) is 8.47. The zero-order valence-corrected chi connectivity index (χ0v) is 14.7. The van der Waals surface area contributed by atoms with Crippen LogP contribution < -0.4 is 0 Å². The van der Waals surface area contributed by atoms with E-state index in [0.717, 1.165) is 29.3 Å². The van der Waals surface area contributed by atoms with Gasteiger partial charge in [-0.05, 0) is 37.8 Å². The predicted molar refractivity (Wildman–Crippen MR) is 92.9 cm³/mol. The van der Waals surface area contributed by atoms with Crippen LogP contribution in [0.4, 0.5) is 0 Å². The summed E-state index contributed by atoms with van der Waals surface area (Å²) in [5.74, 6) is 0.0672. The van der Waals surface area contributed by atoms with Crippen molar-refractivity contribution in [1.82, 2.24) is 14.7 Å². The van der Waals surface area contributed by atoms with E-state index in [0.29, 0.717) is 18.1 Å². The van der Waals surface area contributed by atoms with E-state index in [-0.39, 0.29) is 18.2 Å². The van der Waals surface area contributed by atoms with Crippen LogP contribution in [0.15, 0.2) is 18.3 Å². The van der Waals surface area contributed by atoms with Gasteiger partial charge < -0.3 is 10.0 Å². The van der Waals surface area contributed by atoms with Crippen molar-refractivity contribution in [3.05, 3.63) is 28.9 Å². The van der Waals surface area contributed by atoms with E-state index in [1.165, 1.54) is 0 Å². The molecule has 1 aromatic carbocycles. The second-order valence-corrected chi connectivity index (χ2v) is 7.54. The normalized spacial score (nSPS) is 26.2. The van der Waals surface area contributed by atoms with Crippen molar-refractivity contribution >= 4 is 28.4 Å². The highest BCUT2D eigenvalue weighted by molar-refractivity contribution is 6.31. The lowest BCUT2D eigenvalue weighted by atomic mass is 9.75. The average molecular weight is 359 g/mol. The average Bonchev–Trinajstić information content (AvgIpc) is 3.12. The van der Waals surface area contributed by atoms with E-state index in [9.17, 15) is 9.90 Å². The number of rotatable bonds is 2. The lowest BCUT2D eigenvalue weighted by Gasteiger charge is -2.42. The first-order valence-corrected chi connectivity index (χ1v) is 8.85. The van der Waals surface area contributed by atoms with Crippen molar-refractivity contribution in [2.24, 2.45) is 5.92 Å². The Kier molecular flexibility index (Phi) is 3.75. The van der Waals surface area contributed by atoms with E-state index < -0.39 is 11.6 Å². The number of nitrogens with zero attached hydrogens (tertiary/aromatic N) is 4. The Labute approximate surface area is 150 Å². The molecule has 1 saturated heterocycles. The van der Waals surface area contributed by atoms with Gasteiger partial charge >= 0.3 is 0 Å². The number of aliphatic hydroxyl groups is 1. The third kappa shape index (κ3) is 2.26. The van der Waals surface area contributed by atoms with Crippen LogP contribution in [-0.2, 0) is 10.3 Å². The Morgan fingerprint density at radius 2 is 2.20 bits per heavy atom. The summed E-state index contributed by atoms with van der Waals surface area (Å²) in [5, 5.41) is 25.8. The Balaban J connectivity index is 1.63. The molecule has 4 rings (SSSR count). The van der Waals surface area contributed by atoms with E-state index in [1.54, 1.807) is 11.1 Å². The number of aromatic nitrogens is 2. The lowest BCUT2D eigenvalue weighted by Crippen LogP contribution is -2.48. The highest BCUT2D eigenvalue weighted by atomic mass is 35.5. The maximum atomic E-state index is 11.9. The first kappa shape index (κ1) is 16.4. The summed E-state index contributed by atoms with van der Waals surface area (Å²) in [6.45, 7) is 3.25. The molecule has 2 aliphatic heterocycles. The van der Waals surface area contributed by atoms with E-state index >= 15 is 0 Å². The summed E-state index contributed by atoms with van der Waals surface area (Å²) >= 11 is 6.19. The molecular formula is C18H19ClN4O2. The quantitative estimate of drug-likeness (QED) is 0.894. The van der Waals surface area contributed by atoms with Crippen molar-refractivity contribution in [1.29, 1.82) is 5.26 Å². The fourth-order valence-corrected chi connectivity index (χ4v) is 4.69. The molecule has 1 fully saturated rings. The first-order chi connectivity index (χ1) is 12.0. The number of likely N-dealkylation sites (tertiary alicyclic amines) is 1. The van der Waals surface area contributed by atoms with Gasteiger partial charge in [0.05, 0.1) is 23.3 Å². The number of carbonyl (C=O) groups is 1. The molecule has 1 unspecified atom stereocenters. The molecule has 130 valence electrons. The Morgan fingerprint density at radius 1 is 1.48 bits per heavy atom. The molecule has 6 nitrogen and oxygen atoms in total. The lowest BCUT2D eigenvalue weighted by molar-refractivity contribution is -0.132. The molecule has 1 amide bonds. The molecule has 0 bridgehead atoms. The Hall–Kier alpha value is -2.10. The van der Waals surface area contributed by atoms with Gasteiger partial charge in [-0.3, -0.25) is 9.48 Å². The maximum absolute atomic E-state index is 11.9. The predicted octanol–water partition coefficient (Wildman–Crippen LogP) is 2.60. The monoisotopic (exact) mass is 358 g/mol. The third-order valence-electron chi connectivity index (χ3n) is 5.87. The summed E-state index contributed by atoms with van der Waals surface area (Å²) < 4.78 is 1.94. The largest absolute Gasteiger partial charge is 0.386 e. The molecule has 2 atom stereocenters. The number of amides is 1. The molecule has 25 heavy (non-hydrogen) atoms. The number of nitriles is 1. The molecule has 3 heterocycles. The fraction of sp³-hybridized carbons (Fsp3) is 0.500. The van der Waals surface area contributed by atoms with E-state index in [2.05, 4.69) is 5.10 Å². The van der Waals surface area contributed by atoms with Gasteiger partial charge in [0.25, 0.3) is 0 Å². The second-order valence-electron chi connectivity index (χ2n) is 7.11. The van der Waals surface area contributed by atoms with Crippen LogP contribution in [0.2, 0.25) is 5.02 Å². The summed E-state index contributed by atoms with van der Waals surface area (Å²) in [6.07, 6.45) is 2.58. The summed E-state index contributed by atoms with van der Waals surface area (Å²) in [7, 11) is 0. The van der Waals surface area contributed by atoms with Gasteiger partial charge in [0.2, 0.25) is 5.91 Å². The Bertz CT molecular complexity index is 894. The van der Waals surface area contributed by atoms with E-state index in [1.807, 2.05) is 29.8 Å². The number of carbonyl (C=O) groups excluding carboxylic acids is 1. The molecule has 0 spiro atoms. The van der Waals surface area contributed by atoms with Crippen molar-refractivity contribution in [3.63, 3.8) is 0 Å². The third-order valence-corrected chi connectivity index (χ3v) is 6.08. The molecule has 0 saturated carbocycles. The van der Waals surface area contributed by atoms with Crippen LogP contribution in [0.5, 0.6) is 0 Å². The molecular weight excluding hydrogens is 340 g/mol. The molecule has 1 N–H and O–H groups in total. The Morgan fingerprint density at radius 3 is 2.88 bits per heavy atom.